The van der Waals surface area contributed by atoms with E-state index in [2.05, 4.69) is 10.1 Å². The Morgan fingerprint density at radius 1 is 0.952 bits per heavy atom. The van der Waals surface area contributed by atoms with Gasteiger partial charge in [-0.05, 0) is 24.3 Å². The average Bonchev–Trinajstić information content (AvgIpc) is 2.87. The molecule has 2 aromatic carbocycles. The van der Waals surface area contributed by atoms with Gasteiger partial charge in [-0.25, -0.2) is 13.2 Å². The quantitative estimate of drug-likeness (QED) is 0.785. The summed E-state index contributed by atoms with van der Waals surface area (Å²) in [5.41, 5.74) is -0.0975. The van der Waals surface area contributed by atoms with Gasteiger partial charge < -0.3 is 9.63 Å². The molecular formula is C14H7F3N2O2. The van der Waals surface area contributed by atoms with E-state index in [1.165, 1.54) is 24.3 Å². The molecule has 0 aliphatic rings. The fraction of sp³-hybridized carbons (Fsp3) is 0. The molecular weight excluding hydrogens is 285 g/mol. The number of hydrogen-bond acceptors (Lipinski definition) is 4. The maximum absolute atomic E-state index is 13.6. The predicted molar refractivity (Wildman–Crippen MR) is 66.7 cm³/mol. The molecule has 1 heterocycles. The number of hydrogen-bond donors (Lipinski definition) is 1. The van der Waals surface area contributed by atoms with Gasteiger partial charge in [0.15, 0.2) is 0 Å². The second kappa shape index (κ2) is 4.93. The van der Waals surface area contributed by atoms with Gasteiger partial charge in [0, 0.05) is 17.7 Å². The molecule has 0 aliphatic carbocycles. The Hall–Kier alpha value is -2.83. The highest BCUT2D eigenvalue weighted by molar-refractivity contribution is 5.61. The molecule has 0 unspecified atom stereocenters. The second-order valence-electron chi connectivity index (χ2n) is 4.21. The minimum Gasteiger partial charge on any atom is -0.508 e. The Morgan fingerprint density at radius 3 is 2.19 bits per heavy atom. The number of rotatable bonds is 2. The van der Waals surface area contributed by atoms with Gasteiger partial charge >= 0.3 is 0 Å². The molecule has 3 rings (SSSR count). The van der Waals surface area contributed by atoms with Crippen molar-refractivity contribution in [3.8, 4) is 28.6 Å². The summed E-state index contributed by atoms with van der Waals surface area (Å²) >= 11 is 0. The summed E-state index contributed by atoms with van der Waals surface area (Å²) in [6.07, 6.45) is 0. The molecule has 0 spiro atoms. The standard InChI is InChI=1S/C14H7F3N2O2/c15-8-5-10(16)12(11(17)6-8)14-18-13(19-21-14)7-1-3-9(20)4-2-7/h1-6,20H. The van der Waals surface area contributed by atoms with Crippen LogP contribution in [-0.2, 0) is 0 Å². The Labute approximate surface area is 116 Å². The summed E-state index contributed by atoms with van der Waals surface area (Å²) in [6.45, 7) is 0. The van der Waals surface area contributed by atoms with Crippen molar-refractivity contribution in [2.24, 2.45) is 0 Å². The molecule has 0 saturated heterocycles. The minimum absolute atomic E-state index is 0.0538. The molecule has 0 amide bonds. The second-order valence-corrected chi connectivity index (χ2v) is 4.21. The number of aromatic hydroxyl groups is 1. The zero-order valence-electron chi connectivity index (χ0n) is 10.3. The Morgan fingerprint density at radius 2 is 1.57 bits per heavy atom. The smallest absolute Gasteiger partial charge is 0.264 e. The van der Waals surface area contributed by atoms with Gasteiger partial charge in [0.2, 0.25) is 5.82 Å². The zero-order chi connectivity index (χ0) is 15.0. The van der Waals surface area contributed by atoms with Crippen LogP contribution in [0.5, 0.6) is 5.75 Å². The molecule has 21 heavy (non-hydrogen) atoms. The van der Waals surface area contributed by atoms with Crippen LogP contribution < -0.4 is 0 Å². The summed E-state index contributed by atoms with van der Waals surface area (Å²) in [6, 6.07) is 6.91. The third-order valence-corrected chi connectivity index (χ3v) is 2.77. The fourth-order valence-corrected chi connectivity index (χ4v) is 1.80. The van der Waals surface area contributed by atoms with E-state index >= 15 is 0 Å². The number of halogens is 3. The van der Waals surface area contributed by atoms with E-state index in [9.17, 15) is 18.3 Å². The third kappa shape index (κ3) is 2.45. The number of phenols is 1. The van der Waals surface area contributed by atoms with Crippen molar-refractivity contribution in [2.45, 2.75) is 0 Å². The van der Waals surface area contributed by atoms with E-state index in [4.69, 9.17) is 4.52 Å². The van der Waals surface area contributed by atoms with Crippen LogP contribution in [0.4, 0.5) is 13.2 Å². The number of nitrogens with zero attached hydrogens (tertiary/aromatic N) is 2. The molecule has 3 aromatic rings. The lowest BCUT2D eigenvalue weighted by atomic mass is 10.2. The average molecular weight is 292 g/mol. The lowest BCUT2D eigenvalue weighted by Gasteiger charge is -1.99. The molecule has 4 nitrogen and oxygen atoms in total. The van der Waals surface area contributed by atoms with Crippen LogP contribution in [0, 0.1) is 17.5 Å². The number of benzene rings is 2. The van der Waals surface area contributed by atoms with E-state index in [0.29, 0.717) is 17.7 Å². The van der Waals surface area contributed by atoms with Crippen LogP contribution in [0.3, 0.4) is 0 Å². The third-order valence-electron chi connectivity index (χ3n) is 2.77. The maximum Gasteiger partial charge on any atom is 0.264 e. The molecule has 7 heteroatoms. The summed E-state index contributed by atoms with van der Waals surface area (Å²) in [7, 11) is 0. The highest BCUT2D eigenvalue weighted by Gasteiger charge is 2.20. The number of aromatic nitrogens is 2. The summed E-state index contributed by atoms with van der Waals surface area (Å²) in [4.78, 5) is 3.87. The van der Waals surface area contributed by atoms with Crippen LogP contribution in [-0.4, -0.2) is 15.2 Å². The molecule has 106 valence electrons. The van der Waals surface area contributed by atoms with Gasteiger partial charge in [0.05, 0.1) is 0 Å². The molecule has 1 aromatic heterocycles. The van der Waals surface area contributed by atoms with Gasteiger partial charge in [0.1, 0.15) is 28.8 Å². The summed E-state index contributed by atoms with van der Waals surface area (Å²) in [5, 5.41) is 12.8. The van der Waals surface area contributed by atoms with E-state index in [1.807, 2.05) is 0 Å². The van der Waals surface area contributed by atoms with Gasteiger partial charge in [-0.3, -0.25) is 0 Å². The van der Waals surface area contributed by atoms with Crippen LogP contribution in [0.2, 0.25) is 0 Å². The predicted octanol–water partition coefficient (Wildman–Crippen LogP) is 3.53. The maximum atomic E-state index is 13.6. The first kappa shape index (κ1) is 13.2. The molecule has 1 N–H and O–H groups in total. The summed E-state index contributed by atoms with van der Waals surface area (Å²) < 4.78 is 44.9. The van der Waals surface area contributed by atoms with Crippen molar-refractivity contribution in [2.75, 3.05) is 0 Å². The fourth-order valence-electron chi connectivity index (χ4n) is 1.80. The molecule has 0 bridgehead atoms. The Kier molecular flexibility index (Phi) is 3.09. The largest absolute Gasteiger partial charge is 0.508 e. The highest BCUT2D eigenvalue weighted by Crippen LogP contribution is 2.28. The first-order valence-electron chi connectivity index (χ1n) is 5.82. The van der Waals surface area contributed by atoms with Crippen molar-refractivity contribution < 1.29 is 22.8 Å². The Balaban J connectivity index is 2.05. The van der Waals surface area contributed by atoms with Crippen molar-refractivity contribution in [1.82, 2.24) is 10.1 Å². The van der Waals surface area contributed by atoms with Crippen molar-refractivity contribution in [3.05, 3.63) is 53.8 Å². The first-order chi connectivity index (χ1) is 10.0. The van der Waals surface area contributed by atoms with Crippen LogP contribution in [0.15, 0.2) is 40.9 Å². The zero-order valence-corrected chi connectivity index (χ0v) is 10.3. The lowest BCUT2D eigenvalue weighted by Crippen LogP contribution is -1.92. The minimum atomic E-state index is -1.13. The monoisotopic (exact) mass is 292 g/mol. The number of phenolic OH excluding ortho intramolecular Hbond substituents is 1. The molecule has 0 fully saturated rings. The molecule has 0 atom stereocenters. The van der Waals surface area contributed by atoms with E-state index in [0.717, 1.165) is 0 Å². The van der Waals surface area contributed by atoms with Crippen LogP contribution in [0.25, 0.3) is 22.8 Å². The molecule has 0 aliphatic heterocycles. The van der Waals surface area contributed by atoms with Crippen LogP contribution in [0.1, 0.15) is 0 Å². The van der Waals surface area contributed by atoms with Gasteiger partial charge in [-0.15, -0.1) is 0 Å². The van der Waals surface area contributed by atoms with Crippen molar-refractivity contribution in [3.63, 3.8) is 0 Å². The molecule has 0 radical (unpaired) electrons. The highest BCUT2D eigenvalue weighted by atomic mass is 19.1. The van der Waals surface area contributed by atoms with Crippen molar-refractivity contribution >= 4 is 0 Å². The first-order valence-corrected chi connectivity index (χ1v) is 5.82. The topological polar surface area (TPSA) is 59.2 Å². The van der Waals surface area contributed by atoms with Gasteiger partial charge in [-0.2, -0.15) is 4.98 Å². The Bertz CT molecular complexity index is 777. The van der Waals surface area contributed by atoms with Gasteiger partial charge in [0.25, 0.3) is 5.89 Å². The van der Waals surface area contributed by atoms with Crippen molar-refractivity contribution in [1.29, 1.82) is 0 Å². The van der Waals surface area contributed by atoms with Gasteiger partial charge in [-0.1, -0.05) is 5.16 Å². The van der Waals surface area contributed by atoms with Crippen LogP contribution >= 0.6 is 0 Å². The van der Waals surface area contributed by atoms with E-state index in [-0.39, 0.29) is 11.6 Å². The lowest BCUT2D eigenvalue weighted by molar-refractivity contribution is 0.425. The SMILES string of the molecule is Oc1ccc(-c2noc(-c3c(F)cc(F)cc3F)n2)cc1. The van der Waals surface area contributed by atoms with E-state index < -0.39 is 28.9 Å². The normalized spacial score (nSPS) is 10.8. The van der Waals surface area contributed by atoms with E-state index in [1.54, 1.807) is 0 Å². The summed E-state index contributed by atoms with van der Waals surface area (Å²) in [5.74, 6) is -3.55. The molecule has 0 saturated carbocycles.